The van der Waals surface area contributed by atoms with Crippen LogP contribution < -0.4 is 0 Å². The lowest BCUT2D eigenvalue weighted by Gasteiger charge is -2.27. The Kier molecular flexibility index (Phi) is 7.88. The summed E-state index contributed by atoms with van der Waals surface area (Å²) in [6, 6.07) is 6.37. The van der Waals surface area contributed by atoms with Crippen LogP contribution in [0.2, 0.25) is 0 Å². The quantitative estimate of drug-likeness (QED) is 0.420. The van der Waals surface area contributed by atoms with Gasteiger partial charge in [-0.2, -0.15) is 4.98 Å². The summed E-state index contributed by atoms with van der Waals surface area (Å²) < 4.78 is 26.5. The van der Waals surface area contributed by atoms with Gasteiger partial charge in [0.15, 0.2) is 16.8 Å². The number of benzene rings is 1. The van der Waals surface area contributed by atoms with Crippen LogP contribution in [0.25, 0.3) is 11.4 Å². The van der Waals surface area contributed by atoms with Crippen LogP contribution in [0.4, 0.5) is 4.39 Å². The Bertz CT molecular complexity index is 987. The van der Waals surface area contributed by atoms with Gasteiger partial charge < -0.3 is 13.8 Å². The minimum atomic E-state index is -0.272. The first-order valence-electron chi connectivity index (χ1n) is 11.1. The van der Waals surface area contributed by atoms with Gasteiger partial charge in [-0.05, 0) is 37.6 Å². The SMILES string of the molecule is CCCCc1noc(C(C)Sc2nnc(-c3ccc(F)cc3)n2CCN2CCOCC2)n1. The van der Waals surface area contributed by atoms with E-state index >= 15 is 0 Å². The van der Waals surface area contributed by atoms with E-state index < -0.39 is 0 Å². The summed E-state index contributed by atoms with van der Waals surface area (Å²) >= 11 is 1.54. The Labute approximate surface area is 191 Å². The van der Waals surface area contributed by atoms with Crippen LogP contribution in [0.15, 0.2) is 33.9 Å². The van der Waals surface area contributed by atoms with E-state index in [9.17, 15) is 4.39 Å². The Balaban J connectivity index is 1.53. The molecule has 0 spiro atoms. The molecule has 4 rings (SSSR count). The molecule has 3 aromatic rings. The van der Waals surface area contributed by atoms with Gasteiger partial charge in [0.05, 0.1) is 18.5 Å². The van der Waals surface area contributed by atoms with E-state index in [0.29, 0.717) is 5.89 Å². The number of halogens is 1. The van der Waals surface area contributed by atoms with E-state index in [2.05, 4.69) is 36.7 Å². The number of aromatic nitrogens is 5. The molecule has 2 aromatic heterocycles. The summed E-state index contributed by atoms with van der Waals surface area (Å²) in [5, 5.41) is 13.7. The summed E-state index contributed by atoms with van der Waals surface area (Å²) in [4.78, 5) is 6.92. The highest BCUT2D eigenvalue weighted by molar-refractivity contribution is 7.99. The summed E-state index contributed by atoms with van der Waals surface area (Å²) in [7, 11) is 0. The zero-order valence-corrected chi connectivity index (χ0v) is 19.4. The molecule has 1 aliphatic rings. The number of hydrogen-bond donors (Lipinski definition) is 0. The number of thioether (sulfide) groups is 1. The van der Waals surface area contributed by atoms with Gasteiger partial charge in [0.2, 0.25) is 5.89 Å². The third-order valence-electron chi connectivity index (χ3n) is 5.43. The lowest BCUT2D eigenvalue weighted by atomic mass is 10.2. The minimum Gasteiger partial charge on any atom is -0.379 e. The molecular formula is C22H29FN6O2S. The summed E-state index contributed by atoms with van der Waals surface area (Å²) in [6.45, 7) is 9.08. The minimum absolute atomic E-state index is 0.0646. The second kappa shape index (κ2) is 11.0. The van der Waals surface area contributed by atoms with Crippen LogP contribution in [0.5, 0.6) is 0 Å². The zero-order chi connectivity index (χ0) is 22.3. The van der Waals surface area contributed by atoms with Gasteiger partial charge in [-0.15, -0.1) is 10.2 Å². The van der Waals surface area contributed by atoms with Crippen molar-refractivity contribution in [1.29, 1.82) is 0 Å². The molecular weight excluding hydrogens is 431 g/mol. The fraction of sp³-hybridized carbons (Fsp3) is 0.545. The van der Waals surface area contributed by atoms with Crippen molar-refractivity contribution in [3.05, 3.63) is 41.8 Å². The fourth-order valence-corrected chi connectivity index (χ4v) is 4.44. The van der Waals surface area contributed by atoms with Crippen LogP contribution in [0.3, 0.4) is 0 Å². The standard InChI is InChI=1S/C22H29FN6O2S/c1-3-4-5-19-24-21(31-27-19)16(2)32-22-26-25-20(17-6-8-18(23)9-7-17)29(22)11-10-28-12-14-30-15-13-28/h6-9,16H,3-5,10-15H2,1-2H3. The van der Waals surface area contributed by atoms with Gasteiger partial charge in [-0.3, -0.25) is 4.90 Å². The number of unbranched alkanes of at least 4 members (excludes halogenated alkanes) is 1. The summed E-state index contributed by atoms with van der Waals surface area (Å²) in [5.41, 5.74) is 0.833. The van der Waals surface area contributed by atoms with Gasteiger partial charge in [-0.25, -0.2) is 4.39 Å². The highest BCUT2D eigenvalue weighted by Crippen LogP contribution is 2.34. The van der Waals surface area contributed by atoms with E-state index in [0.717, 1.165) is 81.0 Å². The maximum atomic E-state index is 13.4. The first-order valence-corrected chi connectivity index (χ1v) is 12.0. The normalized spacial score (nSPS) is 15.8. The van der Waals surface area contributed by atoms with Crippen molar-refractivity contribution in [3.8, 4) is 11.4 Å². The maximum absolute atomic E-state index is 13.4. The monoisotopic (exact) mass is 460 g/mol. The molecule has 1 aliphatic heterocycles. The molecule has 1 atom stereocenters. The zero-order valence-electron chi connectivity index (χ0n) is 18.5. The van der Waals surface area contributed by atoms with Crippen molar-refractivity contribution in [3.63, 3.8) is 0 Å². The van der Waals surface area contributed by atoms with E-state index in [1.54, 1.807) is 23.9 Å². The fourth-order valence-electron chi connectivity index (χ4n) is 3.53. The molecule has 1 unspecified atom stereocenters. The van der Waals surface area contributed by atoms with Crippen LogP contribution in [-0.2, 0) is 17.7 Å². The average molecular weight is 461 g/mol. The highest BCUT2D eigenvalue weighted by atomic mass is 32.2. The Morgan fingerprint density at radius 1 is 1.12 bits per heavy atom. The van der Waals surface area contributed by atoms with E-state index in [1.165, 1.54) is 12.1 Å². The number of aryl methyl sites for hydroxylation is 1. The van der Waals surface area contributed by atoms with Gasteiger partial charge in [-0.1, -0.05) is 30.3 Å². The Morgan fingerprint density at radius 3 is 2.66 bits per heavy atom. The third kappa shape index (κ3) is 5.73. The topological polar surface area (TPSA) is 82.1 Å². The molecule has 0 bridgehead atoms. The molecule has 0 N–H and O–H groups in total. The van der Waals surface area contributed by atoms with Gasteiger partial charge in [0, 0.05) is 38.2 Å². The molecule has 172 valence electrons. The average Bonchev–Trinajstić information content (AvgIpc) is 3.45. The van der Waals surface area contributed by atoms with E-state index in [-0.39, 0.29) is 11.1 Å². The summed E-state index contributed by atoms with van der Waals surface area (Å²) in [6.07, 6.45) is 2.95. The molecule has 0 aliphatic carbocycles. The second-order valence-electron chi connectivity index (χ2n) is 7.83. The molecule has 8 nitrogen and oxygen atoms in total. The van der Waals surface area contributed by atoms with Gasteiger partial charge >= 0.3 is 0 Å². The first kappa shape index (κ1) is 22.9. The van der Waals surface area contributed by atoms with Crippen molar-refractivity contribution in [2.45, 2.75) is 50.1 Å². The van der Waals surface area contributed by atoms with E-state index in [1.807, 2.05) is 6.92 Å². The van der Waals surface area contributed by atoms with Crippen LogP contribution in [0.1, 0.15) is 43.7 Å². The van der Waals surface area contributed by atoms with Crippen molar-refractivity contribution >= 4 is 11.8 Å². The summed E-state index contributed by atoms with van der Waals surface area (Å²) in [5.74, 6) is 1.79. The molecule has 0 radical (unpaired) electrons. The maximum Gasteiger partial charge on any atom is 0.239 e. The number of hydrogen-bond acceptors (Lipinski definition) is 8. The number of morpholine rings is 1. The molecule has 1 aromatic carbocycles. The molecule has 1 fully saturated rings. The van der Waals surface area contributed by atoms with Crippen LogP contribution >= 0.6 is 11.8 Å². The molecule has 1 saturated heterocycles. The highest BCUT2D eigenvalue weighted by Gasteiger charge is 2.22. The van der Waals surface area contributed by atoms with E-state index in [4.69, 9.17) is 9.26 Å². The smallest absolute Gasteiger partial charge is 0.239 e. The van der Waals surface area contributed by atoms with Crippen molar-refractivity contribution in [2.75, 3.05) is 32.8 Å². The largest absolute Gasteiger partial charge is 0.379 e. The lowest BCUT2D eigenvalue weighted by molar-refractivity contribution is 0.0361. The first-order chi connectivity index (χ1) is 15.6. The lowest BCUT2D eigenvalue weighted by Crippen LogP contribution is -2.38. The van der Waals surface area contributed by atoms with Crippen molar-refractivity contribution in [1.82, 2.24) is 29.8 Å². The number of ether oxygens (including phenoxy) is 1. The molecule has 0 saturated carbocycles. The number of nitrogens with zero attached hydrogens (tertiary/aromatic N) is 6. The van der Waals surface area contributed by atoms with Crippen molar-refractivity contribution < 1.29 is 13.7 Å². The Hall–Kier alpha value is -2.30. The van der Waals surface area contributed by atoms with Crippen molar-refractivity contribution in [2.24, 2.45) is 0 Å². The third-order valence-corrected chi connectivity index (χ3v) is 6.50. The molecule has 0 amide bonds. The van der Waals surface area contributed by atoms with Gasteiger partial charge in [0.25, 0.3) is 0 Å². The molecule has 3 heterocycles. The van der Waals surface area contributed by atoms with Gasteiger partial charge in [0.1, 0.15) is 5.82 Å². The predicted molar refractivity (Wildman–Crippen MR) is 120 cm³/mol. The van der Waals surface area contributed by atoms with Crippen LogP contribution in [-0.4, -0.2) is 62.7 Å². The second-order valence-corrected chi connectivity index (χ2v) is 9.14. The van der Waals surface area contributed by atoms with Crippen LogP contribution in [0, 0.1) is 5.82 Å². The molecule has 32 heavy (non-hydrogen) atoms. The molecule has 10 heteroatoms. The predicted octanol–water partition coefficient (Wildman–Crippen LogP) is 4.00. The number of rotatable bonds is 10. The Morgan fingerprint density at radius 2 is 1.91 bits per heavy atom.